The Morgan fingerprint density at radius 3 is 2.58 bits per heavy atom. The molecule has 3 aliphatic carbocycles. The van der Waals surface area contributed by atoms with Gasteiger partial charge in [-0.15, -0.1) is 11.3 Å². The van der Waals surface area contributed by atoms with Crippen LogP contribution >= 0.6 is 11.3 Å². The lowest BCUT2D eigenvalue weighted by Crippen LogP contribution is -2.60. The molecule has 2 heterocycles. The van der Waals surface area contributed by atoms with Gasteiger partial charge in [0.05, 0.1) is 16.5 Å². The zero-order valence-electron chi connectivity index (χ0n) is 13.1. The minimum absolute atomic E-state index is 0.103. The molecule has 24 heavy (non-hydrogen) atoms. The summed E-state index contributed by atoms with van der Waals surface area (Å²) in [6, 6.07) is 4.16. The summed E-state index contributed by atoms with van der Waals surface area (Å²) >= 11 is 1.22. The summed E-state index contributed by atoms with van der Waals surface area (Å²) in [7, 11) is 0. The first kappa shape index (κ1) is 14.8. The number of carbonyl (C=O) groups excluding carboxylic acids is 1. The molecule has 2 atom stereocenters. The van der Waals surface area contributed by atoms with Gasteiger partial charge in [0.1, 0.15) is 0 Å². The van der Waals surface area contributed by atoms with E-state index >= 15 is 0 Å². The Hall–Kier alpha value is -1.53. The van der Waals surface area contributed by atoms with Crippen LogP contribution in [0.1, 0.15) is 35.4 Å². The van der Waals surface area contributed by atoms with Crippen LogP contribution in [0.5, 0.6) is 0 Å². The fourth-order valence-electron chi connectivity index (χ4n) is 4.86. The normalized spacial score (nSPS) is 34.0. The summed E-state index contributed by atoms with van der Waals surface area (Å²) in [5.74, 6) is -0.667. The van der Waals surface area contributed by atoms with Crippen LogP contribution in [-0.2, 0) is 0 Å². The van der Waals surface area contributed by atoms with Crippen LogP contribution in [0.3, 0.4) is 0 Å². The number of halogens is 2. The van der Waals surface area contributed by atoms with Crippen molar-refractivity contribution in [2.24, 2.45) is 11.8 Å². The number of benzene rings is 1. The van der Waals surface area contributed by atoms with E-state index < -0.39 is 11.6 Å². The zero-order chi connectivity index (χ0) is 16.5. The molecule has 2 bridgehead atoms. The van der Waals surface area contributed by atoms with Gasteiger partial charge in [0.2, 0.25) is 0 Å². The number of rotatable bonds is 2. The van der Waals surface area contributed by atoms with Crippen molar-refractivity contribution in [1.82, 2.24) is 10.6 Å². The second-order valence-electron chi connectivity index (χ2n) is 7.37. The van der Waals surface area contributed by atoms with Crippen LogP contribution in [0, 0.1) is 23.5 Å². The molecule has 1 saturated heterocycles. The first-order valence-electron chi connectivity index (χ1n) is 8.51. The first-order chi connectivity index (χ1) is 11.6. The van der Waals surface area contributed by atoms with E-state index in [-0.39, 0.29) is 17.5 Å². The second-order valence-corrected chi connectivity index (χ2v) is 8.46. The molecule has 0 radical (unpaired) electrons. The van der Waals surface area contributed by atoms with Gasteiger partial charge < -0.3 is 10.6 Å². The van der Waals surface area contributed by atoms with Crippen molar-refractivity contribution in [3.05, 3.63) is 34.7 Å². The van der Waals surface area contributed by atoms with Gasteiger partial charge in [-0.1, -0.05) is 0 Å². The number of carbonyl (C=O) groups is 1. The standard InChI is InChI=1S/C18H18F2N2OS/c19-12-5-10-6-15(24-14(10)7-13(12)20)17(23)22-16-9-1-3-11(4-2-9)18(16)8-21-18/h5-7,9,11,16,21H,1-4,8H2,(H,22,23)/t9?,11?,16?,18-/m0/s1. The highest BCUT2D eigenvalue weighted by Crippen LogP contribution is 2.51. The first-order valence-corrected chi connectivity index (χ1v) is 9.33. The maximum atomic E-state index is 13.4. The van der Waals surface area contributed by atoms with E-state index in [4.69, 9.17) is 0 Å². The molecule has 1 aromatic heterocycles. The van der Waals surface area contributed by atoms with Crippen LogP contribution in [0.2, 0.25) is 0 Å². The van der Waals surface area contributed by atoms with Crippen LogP contribution in [0.25, 0.3) is 10.1 Å². The third-order valence-electron chi connectivity index (χ3n) is 6.18. The third kappa shape index (κ3) is 2.05. The second kappa shape index (κ2) is 4.99. The SMILES string of the molecule is O=C(NC1C2CCC(CC2)[C@@]12CN2)c1cc2cc(F)c(F)cc2s1. The Morgan fingerprint density at radius 2 is 1.88 bits per heavy atom. The molecule has 6 rings (SSSR count). The molecule has 1 unspecified atom stereocenters. The summed E-state index contributed by atoms with van der Waals surface area (Å²) in [6.07, 6.45) is 4.88. The molecule has 6 heteroatoms. The molecular weight excluding hydrogens is 330 g/mol. The van der Waals surface area contributed by atoms with Gasteiger partial charge in [0, 0.05) is 11.2 Å². The van der Waals surface area contributed by atoms with Gasteiger partial charge in [-0.05, 0) is 61.1 Å². The molecule has 2 aromatic rings. The van der Waals surface area contributed by atoms with Gasteiger partial charge in [-0.3, -0.25) is 4.79 Å². The largest absolute Gasteiger partial charge is 0.346 e. The minimum atomic E-state index is -0.877. The highest BCUT2D eigenvalue weighted by atomic mass is 32.1. The monoisotopic (exact) mass is 348 g/mol. The Morgan fingerprint density at radius 1 is 1.17 bits per heavy atom. The molecule has 2 N–H and O–H groups in total. The van der Waals surface area contributed by atoms with Crippen molar-refractivity contribution < 1.29 is 13.6 Å². The number of nitrogens with one attached hydrogen (secondary N) is 2. The zero-order valence-corrected chi connectivity index (χ0v) is 13.9. The van der Waals surface area contributed by atoms with Gasteiger partial charge in [0.15, 0.2) is 11.6 Å². The van der Waals surface area contributed by atoms with Gasteiger partial charge >= 0.3 is 0 Å². The molecule has 126 valence electrons. The van der Waals surface area contributed by atoms with E-state index in [0.29, 0.717) is 26.8 Å². The maximum Gasteiger partial charge on any atom is 0.261 e. The van der Waals surface area contributed by atoms with E-state index in [1.165, 1.54) is 43.1 Å². The molecule has 1 amide bonds. The Kier molecular flexibility index (Phi) is 3.07. The van der Waals surface area contributed by atoms with E-state index in [9.17, 15) is 13.6 Å². The van der Waals surface area contributed by atoms with Crippen LogP contribution in [0.15, 0.2) is 18.2 Å². The Bertz CT molecular complexity index is 798. The number of amides is 1. The Balaban J connectivity index is 1.43. The van der Waals surface area contributed by atoms with E-state index in [0.717, 1.165) is 12.6 Å². The smallest absolute Gasteiger partial charge is 0.261 e. The van der Waals surface area contributed by atoms with Crippen molar-refractivity contribution in [3.8, 4) is 0 Å². The lowest BCUT2D eigenvalue weighted by atomic mass is 9.61. The maximum absolute atomic E-state index is 13.4. The molecule has 1 aromatic carbocycles. The quantitative estimate of drug-likeness (QED) is 0.817. The molecule has 4 aliphatic rings. The van der Waals surface area contributed by atoms with Gasteiger partial charge in [0.25, 0.3) is 5.91 Å². The summed E-state index contributed by atoms with van der Waals surface area (Å²) in [5.41, 5.74) is 0.103. The number of hydrogen-bond acceptors (Lipinski definition) is 3. The van der Waals surface area contributed by atoms with E-state index in [1.54, 1.807) is 6.07 Å². The summed E-state index contributed by atoms with van der Waals surface area (Å²) in [5, 5.41) is 7.33. The third-order valence-corrected chi connectivity index (χ3v) is 7.28. The van der Waals surface area contributed by atoms with Crippen LogP contribution in [-0.4, -0.2) is 24.0 Å². The number of hydrogen-bond donors (Lipinski definition) is 2. The topological polar surface area (TPSA) is 51.0 Å². The molecule has 1 aliphatic heterocycles. The fraction of sp³-hybridized carbons (Fsp3) is 0.500. The molecule has 3 nitrogen and oxygen atoms in total. The number of fused-ring (bicyclic) bond motifs is 3. The lowest BCUT2D eigenvalue weighted by Gasteiger charge is -2.48. The average molecular weight is 348 g/mol. The van der Waals surface area contributed by atoms with E-state index in [1.807, 2.05) is 0 Å². The average Bonchev–Trinajstić information content (AvgIpc) is 3.25. The molecule has 1 spiro atoms. The van der Waals surface area contributed by atoms with Crippen molar-refractivity contribution >= 4 is 27.3 Å². The van der Waals surface area contributed by atoms with Crippen LogP contribution < -0.4 is 10.6 Å². The predicted molar refractivity (Wildman–Crippen MR) is 89.2 cm³/mol. The Labute approximate surface area is 142 Å². The number of thiophene rings is 1. The summed E-state index contributed by atoms with van der Waals surface area (Å²) in [6.45, 7) is 0.988. The highest BCUT2D eigenvalue weighted by Gasteiger charge is 2.61. The highest BCUT2D eigenvalue weighted by molar-refractivity contribution is 7.20. The lowest BCUT2D eigenvalue weighted by molar-refractivity contribution is 0.0637. The van der Waals surface area contributed by atoms with E-state index in [2.05, 4.69) is 10.6 Å². The summed E-state index contributed by atoms with van der Waals surface area (Å²) < 4.78 is 27.3. The summed E-state index contributed by atoms with van der Waals surface area (Å²) in [4.78, 5) is 13.2. The molecule has 4 fully saturated rings. The molecule has 3 saturated carbocycles. The van der Waals surface area contributed by atoms with Crippen molar-refractivity contribution in [2.75, 3.05) is 6.54 Å². The van der Waals surface area contributed by atoms with Crippen molar-refractivity contribution in [2.45, 2.75) is 37.3 Å². The minimum Gasteiger partial charge on any atom is -0.346 e. The predicted octanol–water partition coefficient (Wildman–Crippen LogP) is 3.44. The van der Waals surface area contributed by atoms with Crippen molar-refractivity contribution in [1.29, 1.82) is 0 Å². The van der Waals surface area contributed by atoms with Gasteiger partial charge in [-0.2, -0.15) is 0 Å². The van der Waals surface area contributed by atoms with Crippen molar-refractivity contribution in [3.63, 3.8) is 0 Å². The van der Waals surface area contributed by atoms with Gasteiger partial charge in [-0.25, -0.2) is 8.78 Å². The molecular formula is C18H18F2N2OS. The van der Waals surface area contributed by atoms with Crippen LogP contribution in [0.4, 0.5) is 8.78 Å². The fourth-order valence-corrected chi connectivity index (χ4v) is 5.83.